The van der Waals surface area contributed by atoms with E-state index in [9.17, 15) is 5.11 Å². The van der Waals surface area contributed by atoms with E-state index < -0.39 is 5.72 Å². The minimum atomic E-state index is -1.07. The Morgan fingerprint density at radius 2 is 2.00 bits per heavy atom. The number of aliphatic hydroxyl groups is 1. The quantitative estimate of drug-likeness (QED) is 0.547. The van der Waals surface area contributed by atoms with Gasteiger partial charge in [-0.2, -0.15) is 0 Å². The molecule has 6 heteroatoms. The minimum Gasteiger partial charge on any atom is -1.00 e. The highest BCUT2D eigenvalue weighted by molar-refractivity contribution is 6.30. The minimum absolute atomic E-state index is 0. The maximum Gasteiger partial charge on any atom is 0.396 e. The van der Waals surface area contributed by atoms with E-state index in [0.29, 0.717) is 11.6 Å². The van der Waals surface area contributed by atoms with Gasteiger partial charge in [-0.1, -0.05) is 54.9 Å². The Morgan fingerprint density at radius 3 is 2.71 bits per heavy atom. The maximum absolute atomic E-state index is 11.4. The third-order valence-corrected chi connectivity index (χ3v) is 4.67. The first-order chi connectivity index (χ1) is 11.1. The summed E-state index contributed by atoms with van der Waals surface area (Å²) in [6.45, 7) is 3.47. The maximum atomic E-state index is 11.4. The Hall–Kier alpha value is -1.17. The van der Waals surface area contributed by atoms with E-state index in [1.165, 1.54) is 12.8 Å². The van der Waals surface area contributed by atoms with E-state index in [-0.39, 0.29) is 17.0 Å². The van der Waals surface area contributed by atoms with Crippen LogP contribution in [0.3, 0.4) is 0 Å². The molecular weight excluding hydrogens is 390 g/mol. The van der Waals surface area contributed by atoms with Crippen molar-refractivity contribution in [2.45, 2.75) is 44.9 Å². The summed E-state index contributed by atoms with van der Waals surface area (Å²) in [5, 5.41) is 12.1. The van der Waals surface area contributed by atoms with Crippen molar-refractivity contribution < 1.29 is 26.7 Å². The Balaban J connectivity index is 0.00000208. The highest BCUT2D eigenvalue weighted by Crippen LogP contribution is 2.34. The molecule has 1 aromatic carbocycles. The average Bonchev–Trinajstić information content (AvgIpc) is 2.85. The third-order valence-electron chi connectivity index (χ3n) is 4.42. The molecule has 130 valence electrons. The zero-order chi connectivity index (χ0) is 16.3. The highest BCUT2D eigenvalue weighted by Gasteiger charge is 2.50. The van der Waals surface area contributed by atoms with Crippen LogP contribution in [-0.2, 0) is 12.3 Å². The first-order valence-corrected chi connectivity index (χ1v) is 8.63. The fraction of sp³-hybridized carbons (Fsp3) is 0.444. The first kappa shape index (κ1) is 19.2. The van der Waals surface area contributed by atoms with E-state index >= 15 is 0 Å². The van der Waals surface area contributed by atoms with Gasteiger partial charge in [0.1, 0.15) is 12.7 Å². The molecule has 0 radical (unpaired) electrons. The average molecular weight is 413 g/mol. The molecule has 0 unspecified atom stereocenters. The number of halogens is 2. The van der Waals surface area contributed by atoms with Crippen LogP contribution in [0.25, 0.3) is 0 Å². The highest BCUT2D eigenvalue weighted by atomic mass is 79.9. The van der Waals surface area contributed by atoms with Gasteiger partial charge in [0.15, 0.2) is 0 Å². The first-order valence-electron chi connectivity index (χ1n) is 8.25. The molecule has 1 aromatic heterocycles. The summed E-state index contributed by atoms with van der Waals surface area (Å²) in [7, 11) is 0. The van der Waals surface area contributed by atoms with Crippen molar-refractivity contribution in [3.8, 4) is 0 Å². The summed E-state index contributed by atoms with van der Waals surface area (Å²) in [6.07, 6.45) is 8.37. The molecule has 0 spiro atoms. The molecule has 0 amide bonds. The second-order valence-corrected chi connectivity index (χ2v) is 6.52. The second-order valence-electron chi connectivity index (χ2n) is 6.08. The molecule has 1 aliphatic rings. The van der Waals surface area contributed by atoms with E-state index in [2.05, 4.69) is 11.9 Å². The van der Waals surface area contributed by atoms with Gasteiger partial charge in [0.05, 0.1) is 12.7 Å². The molecule has 3 rings (SSSR count). The van der Waals surface area contributed by atoms with Gasteiger partial charge in [-0.05, 0) is 18.6 Å². The van der Waals surface area contributed by atoms with Gasteiger partial charge in [0.2, 0.25) is 5.72 Å². The van der Waals surface area contributed by atoms with Crippen LogP contribution in [0, 0.1) is 0 Å². The monoisotopic (exact) mass is 411 g/mol. The van der Waals surface area contributed by atoms with E-state index in [1.54, 1.807) is 6.20 Å². The molecule has 0 aliphatic carbocycles. The molecule has 24 heavy (non-hydrogen) atoms. The number of aromatic nitrogens is 2. The number of anilines is 1. The van der Waals surface area contributed by atoms with Crippen LogP contribution in [0.15, 0.2) is 42.7 Å². The molecule has 0 fully saturated rings. The predicted octanol–water partition coefficient (Wildman–Crippen LogP) is 0.272. The summed E-state index contributed by atoms with van der Waals surface area (Å²) in [5.41, 5.74) is -0.221. The third kappa shape index (κ3) is 3.73. The largest absolute Gasteiger partial charge is 1.00 e. The molecule has 1 atom stereocenters. The molecule has 1 N–H and O–H groups in total. The fourth-order valence-electron chi connectivity index (χ4n) is 3.17. The van der Waals surface area contributed by atoms with E-state index in [4.69, 9.17) is 11.6 Å². The summed E-state index contributed by atoms with van der Waals surface area (Å²) >= 11 is 5.99. The van der Waals surface area contributed by atoms with Crippen LogP contribution < -0.4 is 26.4 Å². The fourth-order valence-corrected chi connectivity index (χ4v) is 3.30. The smallest absolute Gasteiger partial charge is 0.396 e. The lowest BCUT2D eigenvalue weighted by atomic mass is 10.0. The Bertz CT molecular complexity index is 668. The van der Waals surface area contributed by atoms with E-state index in [1.807, 2.05) is 46.0 Å². The van der Waals surface area contributed by atoms with Gasteiger partial charge in [0, 0.05) is 16.7 Å². The SMILES string of the molecule is CCCCCCN1c2nccc[n+]2C[C@@]1(O)c1ccc(Cl)cc1.[Br-]. The number of unbranched alkanes of at least 4 members (excludes halogenated alkanes) is 3. The Kier molecular flexibility index (Phi) is 6.61. The number of benzene rings is 1. The van der Waals surface area contributed by atoms with Crippen molar-refractivity contribution in [3.05, 3.63) is 53.3 Å². The van der Waals surface area contributed by atoms with Gasteiger partial charge in [-0.15, -0.1) is 0 Å². The predicted molar refractivity (Wildman–Crippen MR) is 91.3 cm³/mol. The van der Waals surface area contributed by atoms with Crippen molar-refractivity contribution in [2.75, 3.05) is 11.4 Å². The Morgan fingerprint density at radius 1 is 1.25 bits per heavy atom. The van der Waals surface area contributed by atoms with Crippen LogP contribution in [0.1, 0.15) is 38.2 Å². The molecule has 2 heterocycles. The van der Waals surface area contributed by atoms with Crippen molar-refractivity contribution in [3.63, 3.8) is 0 Å². The number of hydrogen-bond acceptors (Lipinski definition) is 3. The van der Waals surface area contributed by atoms with Gasteiger partial charge < -0.3 is 22.1 Å². The van der Waals surface area contributed by atoms with Gasteiger partial charge >= 0.3 is 5.95 Å². The topological polar surface area (TPSA) is 40.2 Å². The lowest BCUT2D eigenvalue weighted by Crippen LogP contribution is -3.00. The van der Waals surface area contributed by atoms with Crippen molar-refractivity contribution in [1.82, 2.24) is 4.98 Å². The van der Waals surface area contributed by atoms with Crippen molar-refractivity contribution in [1.29, 1.82) is 0 Å². The molecular formula is C18H23BrClN3O. The summed E-state index contributed by atoms with van der Waals surface area (Å²) in [6, 6.07) is 9.34. The van der Waals surface area contributed by atoms with Crippen molar-refractivity contribution >= 4 is 17.5 Å². The lowest BCUT2D eigenvalue weighted by molar-refractivity contribution is -0.685. The standard InChI is InChI=1S/C18H23ClN3O.BrH/c1-2-3-4-5-13-22-17-20-11-6-12-21(17)14-18(22,23)15-7-9-16(19)10-8-15;/h6-12,23H,2-5,13-14H2,1H3;1H/q+1;/p-1/t18-;/m1./s1. The molecule has 0 saturated heterocycles. The van der Waals surface area contributed by atoms with Crippen LogP contribution in [-0.4, -0.2) is 16.6 Å². The molecule has 4 nitrogen and oxygen atoms in total. The number of nitrogens with zero attached hydrogens (tertiary/aromatic N) is 3. The number of fused-ring (bicyclic) bond motifs is 1. The molecule has 2 aromatic rings. The van der Waals surface area contributed by atoms with Crippen LogP contribution in [0.4, 0.5) is 5.95 Å². The van der Waals surface area contributed by atoms with Crippen molar-refractivity contribution in [2.24, 2.45) is 0 Å². The number of hydrogen-bond donors (Lipinski definition) is 1. The summed E-state index contributed by atoms with van der Waals surface area (Å²) < 4.78 is 2.01. The van der Waals surface area contributed by atoms with Crippen LogP contribution in [0.5, 0.6) is 0 Å². The zero-order valence-electron chi connectivity index (χ0n) is 13.8. The van der Waals surface area contributed by atoms with Crippen LogP contribution in [0.2, 0.25) is 5.02 Å². The molecule has 1 aliphatic heterocycles. The molecule has 0 saturated carbocycles. The van der Waals surface area contributed by atoms with Gasteiger partial charge in [-0.25, -0.2) is 9.47 Å². The van der Waals surface area contributed by atoms with Gasteiger partial charge in [-0.3, -0.25) is 0 Å². The Labute approximate surface area is 158 Å². The zero-order valence-corrected chi connectivity index (χ0v) is 16.2. The van der Waals surface area contributed by atoms with Gasteiger partial charge in [0.25, 0.3) is 0 Å². The molecule has 0 bridgehead atoms. The number of rotatable bonds is 6. The normalized spacial score (nSPS) is 19.0. The van der Waals surface area contributed by atoms with E-state index in [0.717, 1.165) is 30.9 Å². The van der Waals surface area contributed by atoms with Crippen LogP contribution >= 0.6 is 11.6 Å². The summed E-state index contributed by atoms with van der Waals surface area (Å²) in [5.74, 6) is 0.821. The second kappa shape index (κ2) is 8.28. The lowest BCUT2D eigenvalue weighted by Gasteiger charge is -2.28. The summed E-state index contributed by atoms with van der Waals surface area (Å²) in [4.78, 5) is 6.50.